The number of amides is 1. The van der Waals surface area contributed by atoms with E-state index in [9.17, 15) is 13.2 Å². The number of ether oxygens (including phenoxy) is 1. The van der Waals surface area contributed by atoms with Crippen LogP contribution in [0.4, 0.5) is 5.69 Å². The fraction of sp³-hybridized carbons (Fsp3) is 0.0714. The molecular formula is C14H12Cl2N2O4S. The van der Waals surface area contributed by atoms with Gasteiger partial charge in [-0.3, -0.25) is 4.79 Å². The Morgan fingerprint density at radius 1 is 1.13 bits per heavy atom. The number of hydrogen-bond acceptors (Lipinski definition) is 4. The third-order valence-corrected chi connectivity index (χ3v) is 4.36. The maximum absolute atomic E-state index is 11.8. The fourth-order valence-corrected chi connectivity index (χ4v) is 2.51. The van der Waals surface area contributed by atoms with E-state index >= 15 is 0 Å². The van der Waals surface area contributed by atoms with Crippen LogP contribution in [0.2, 0.25) is 10.0 Å². The number of carbonyl (C=O) groups is 1. The van der Waals surface area contributed by atoms with Crippen molar-refractivity contribution in [3.63, 3.8) is 0 Å². The van der Waals surface area contributed by atoms with E-state index in [4.69, 9.17) is 33.1 Å². The number of nitrogens with two attached hydrogens (primary N) is 1. The lowest BCUT2D eigenvalue weighted by Gasteiger charge is -2.09. The minimum absolute atomic E-state index is 0.0966. The lowest BCUT2D eigenvalue weighted by molar-refractivity contribution is -0.118. The summed E-state index contributed by atoms with van der Waals surface area (Å²) in [5.74, 6) is -0.0875. The van der Waals surface area contributed by atoms with Gasteiger partial charge in [0.25, 0.3) is 5.91 Å². The van der Waals surface area contributed by atoms with Crippen molar-refractivity contribution in [2.24, 2.45) is 5.14 Å². The maximum atomic E-state index is 11.8. The maximum Gasteiger partial charge on any atom is 0.262 e. The summed E-state index contributed by atoms with van der Waals surface area (Å²) in [4.78, 5) is 11.7. The molecular weight excluding hydrogens is 363 g/mol. The van der Waals surface area contributed by atoms with Crippen LogP contribution in [0.15, 0.2) is 47.4 Å². The first kappa shape index (κ1) is 17.6. The summed E-state index contributed by atoms with van der Waals surface area (Å²) in [6, 6.07) is 10.2. The van der Waals surface area contributed by atoms with Gasteiger partial charge in [-0.1, -0.05) is 29.3 Å². The molecule has 0 saturated carbocycles. The normalized spacial score (nSPS) is 11.1. The minimum atomic E-state index is -3.83. The molecule has 122 valence electrons. The van der Waals surface area contributed by atoms with Crippen LogP contribution in [0.25, 0.3) is 0 Å². The molecule has 0 fully saturated rings. The van der Waals surface area contributed by atoms with E-state index in [1.807, 2.05) is 0 Å². The quantitative estimate of drug-likeness (QED) is 0.839. The predicted octanol–water partition coefficient (Wildman–Crippen LogP) is 2.66. The lowest BCUT2D eigenvalue weighted by Crippen LogP contribution is -2.20. The van der Waals surface area contributed by atoms with Crippen LogP contribution in [-0.2, 0) is 14.8 Å². The van der Waals surface area contributed by atoms with E-state index in [1.54, 1.807) is 12.1 Å². The molecule has 0 saturated heterocycles. The number of primary sulfonamides is 1. The molecule has 0 aliphatic heterocycles. The van der Waals surface area contributed by atoms with Crippen molar-refractivity contribution in [3.05, 3.63) is 52.5 Å². The summed E-state index contributed by atoms with van der Waals surface area (Å²) in [6.45, 7) is -0.280. The zero-order chi connectivity index (χ0) is 17.0. The van der Waals surface area contributed by atoms with Crippen molar-refractivity contribution in [3.8, 4) is 5.75 Å². The third kappa shape index (κ3) is 5.11. The van der Waals surface area contributed by atoms with Gasteiger partial charge >= 0.3 is 0 Å². The number of rotatable bonds is 5. The summed E-state index contributed by atoms with van der Waals surface area (Å²) < 4.78 is 27.8. The molecule has 1 amide bonds. The summed E-state index contributed by atoms with van der Waals surface area (Å²) in [5.41, 5.74) is 0.291. The Morgan fingerprint density at radius 3 is 2.52 bits per heavy atom. The second kappa shape index (κ2) is 7.18. The minimum Gasteiger partial charge on any atom is -0.484 e. The smallest absolute Gasteiger partial charge is 0.262 e. The predicted molar refractivity (Wildman–Crippen MR) is 88.4 cm³/mol. The molecule has 2 aromatic rings. The molecule has 3 N–H and O–H groups in total. The van der Waals surface area contributed by atoms with Gasteiger partial charge in [0.15, 0.2) is 6.61 Å². The van der Waals surface area contributed by atoms with Crippen molar-refractivity contribution in [1.29, 1.82) is 0 Å². The summed E-state index contributed by atoms with van der Waals surface area (Å²) >= 11 is 11.6. The average molecular weight is 375 g/mol. The monoisotopic (exact) mass is 374 g/mol. The van der Waals surface area contributed by atoms with E-state index in [-0.39, 0.29) is 11.5 Å². The molecule has 23 heavy (non-hydrogen) atoms. The molecule has 0 unspecified atom stereocenters. The van der Waals surface area contributed by atoms with Gasteiger partial charge in [0, 0.05) is 11.8 Å². The van der Waals surface area contributed by atoms with Gasteiger partial charge in [-0.25, -0.2) is 13.6 Å². The van der Waals surface area contributed by atoms with Crippen molar-refractivity contribution in [2.75, 3.05) is 11.9 Å². The highest BCUT2D eigenvalue weighted by Gasteiger charge is 2.10. The Morgan fingerprint density at radius 2 is 1.87 bits per heavy atom. The first-order valence-corrected chi connectivity index (χ1v) is 8.56. The van der Waals surface area contributed by atoms with Crippen LogP contribution in [0.3, 0.4) is 0 Å². The summed E-state index contributed by atoms with van der Waals surface area (Å²) in [6.07, 6.45) is 0. The molecule has 0 spiro atoms. The van der Waals surface area contributed by atoms with Crippen LogP contribution in [0, 0.1) is 0 Å². The Bertz CT molecular complexity index is 840. The highest BCUT2D eigenvalue weighted by Crippen LogP contribution is 2.26. The zero-order valence-corrected chi connectivity index (χ0v) is 14.0. The number of anilines is 1. The molecule has 0 heterocycles. The van der Waals surface area contributed by atoms with Crippen molar-refractivity contribution < 1.29 is 17.9 Å². The zero-order valence-electron chi connectivity index (χ0n) is 11.6. The van der Waals surface area contributed by atoms with Crippen LogP contribution < -0.4 is 15.2 Å². The number of nitrogens with one attached hydrogen (secondary N) is 1. The summed E-state index contributed by atoms with van der Waals surface area (Å²) in [7, 11) is -3.83. The van der Waals surface area contributed by atoms with E-state index in [0.29, 0.717) is 21.5 Å². The molecule has 0 aliphatic carbocycles. The first-order chi connectivity index (χ1) is 10.8. The van der Waals surface area contributed by atoms with E-state index in [0.717, 1.165) is 0 Å². The van der Waals surface area contributed by atoms with Gasteiger partial charge in [-0.05, 0) is 30.3 Å². The van der Waals surface area contributed by atoms with Gasteiger partial charge in [-0.15, -0.1) is 0 Å². The lowest BCUT2D eigenvalue weighted by atomic mass is 10.3. The number of halogens is 2. The number of hydrogen-bond donors (Lipinski definition) is 2. The van der Waals surface area contributed by atoms with Gasteiger partial charge in [0.1, 0.15) is 5.75 Å². The largest absolute Gasteiger partial charge is 0.484 e. The van der Waals surface area contributed by atoms with Crippen LogP contribution in [-0.4, -0.2) is 20.9 Å². The van der Waals surface area contributed by atoms with E-state index in [2.05, 4.69) is 5.32 Å². The SMILES string of the molecule is NS(=O)(=O)c1cccc(NC(=O)COc2ccc(Cl)c(Cl)c2)c1. The summed E-state index contributed by atoms with van der Waals surface area (Å²) in [5, 5.41) is 8.23. The molecule has 9 heteroatoms. The third-order valence-electron chi connectivity index (χ3n) is 2.71. The highest BCUT2D eigenvalue weighted by atomic mass is 35.5. The van der Waals surface area contributed by atoms with E-state index < -0.39 is 15.9 Å². The molecule has 0 aliphatic rings. The molecule has 0 atom stereocenters. The van der Waals surface area contributed by atoms with Gasteiger partial charge in [0.05, 0.1) is 14.9 Å². The van der Waals surface area contributed by atoms with Crippen molar-refractivity contribution in [2.45, 2.75) is 4.90 Å². The van der Waals surface area contributed by atoms with Crippen LogP contribution >= 0.6 is 23.2 Å². The standard InChI is InChI=1S/C14H12Cl2N2O4S/c15-12-5-4-10(7-13(12)16)22-8-14(19)18-9-2-1-3-11(6-9)23(17,20)21/h1-7H,8H2,(H,18,19)(H2,17,20,21). The topological polar surface area (TPSA) is 98.5 Å². The molecule has 0 radical (unpaired) electrons. The van der Waals surface area contributed by atoms with Crippen LogP contribution in [0.5, 0.6) is 5.75 Å². The molecule has 6 nitrogen and oxygen atoms in total. The molecule has 2 rings (SSSR count). The average Bonchev–Trinajstić information content (AvgIpc) is 2.48. The van der Waals surface area contributed by atoms with E-state index in [1.165, 1.54) is 30.3 Å². The Kier molecular flexibility index (Phi) is 5.48. The second-order valence-electron chi connectivity index (χ2n) is 4.49. The van der Waals surface area contributed by atoms with Gasteiger partial charge < -0.3 is 10.1 Å². The van der Waals surface area contributed by atoms with Crippen LogP contribution in [0.1, 0.15) is 0 Å². The second-order valence-corrected chi connectivity index (χ2v) is 6.86. The Balaban J connectivity index is 1.98. The fourth-order valence-electron chi connectivity index (χ4n) is 1.66. The molecule has 2 aromatic carbocycles. The highest BCUT2D eigenvalue weighted by molar-refractivity contribution is 7.89. The Hall–Kier alpha value is -1.80. The first-order valence-electron chi connectivity index (χ1n) is 6.26. The molecule has 0 aromatic heterocycles. The van der Waals surface area contributed by atoms with Gasteiger partial charge in [-0.2, -0.15) is 0 Å². The van der Waals surface area contributed by atoms with Crippen molar-refractivity contribution in [1.82, 2.24) is 0 Å². The van der Waals surface area contributed by atoms with Gasteiger partial charge in [0.2, 0.25) is 10.0 Å². The molecule has 0 bridgehead atoms. The van der Waals surface area contributed by atoms with Crippen molar-refractivity contribution >= 4 is 44.8 Å². The number of carbonyl (C=O) groups excluding carboxylic acids is 1. The number of benzene rings is 2. The Labute approximate surface area is 143 Å². The number of sulfonamides is 1.